The van der Waals surface area contributed by atoms with Gasteiger partial charge in [0.15, 0.2) is 5.16 Å². The number of carbonyl (C=O) groups excluding carboxylic acids is 2. The average Bonchev–Trinajstić information content (AvgIpc) is 2.98. The van der Waals surface area contributed by atoms with Crippen molar-refractivity contribution in [1.82, 2.24) is 14.5 Å². The number of hydrogen-bond donors (Lipinski definition) is 0. The molecule has 1 aliphatic rings. The molecule has 0 radical (unpaired) electrons. The van der Waals surface area contributed by atoms with Crippen LogP contribution in [0.25, 0.3) is 10.9 Å². The number of benzene rings is 2. The van der Waals surface area contributed by atoms with E-state index in [-0.39, 0.29) is 17.4 Å². The fourth-order valence-electron chi connectivity index (χ4n) is 3.40. The third-order valence-electron chi connectivity index (χ3n) is 4.83. The van der Waals surface area contributed by atoms with Crippen molar-refractivity contribution in [1.29, 1.82) is 0 Å². The first kappa shape index (κ1) is 20.4. The smallest absolute Gasteiger partial charge is 0.262 e. The molecule has 0 atom stereocenters. The third kappa shape index (κ3) is 3.66. The molecule has 6 nitrogen and oxygen atoms in total. The molecule has 0 bridgehead atoms. The SMILES string of the molecule is C=CCn1c(SCCCN2C(=O)c3ccccc3C2=O)nc2cc(Cl)ccc2c1=O. The lowest BCUT2D eigenvalue weighted by Gasteiger charge is -2.14. The van der Waals surface area contributed by atoms with Gasteiger partial charge in [-0.15, -0.1) is 6.58 Å². The molecule has 4 rings (SSSR count). The van der Waals surface area contributed by atoms with Gasteiger partial charge >= 0.3 is 0 Å². The van der Waals surface area contributed by atoms with Crippen LogP contribution >= 0.6 is 23.4 Å². The van der Waals surface area contributed by atoms with E-state index in [1.165, 1.54) is 16.7 Å². The van der Waals surface area contributed by atoms with Crippen LogP contribution in [0.15, 0.2) is 65.1 Å². The van der Waals surface area contributed by atoms with E-state index in [4.69, 9.17) is 11.6 Å². The zero-order chi connectivity index (χ0) is 21.3. The molecular weight excluding hydrogens is 422 g/mol. The van der Waals surface area contributed by atoms with Gasteiger partial charge in [-0.25, -0.2) is 4.98 Å². The Morgan fingerprint density at radius 2 is 1.77 bits per heavy atom. The van der Waals surface area contributed by atoms with Crippen molar-refractivity contribution in [3.63, 3.8) is 0 Å². The highest BCUT2D eigenvalue weighted by Gasteiger charge is 2.34. The normalized spacial score (nSPS) is 13.2. The second-order valence-corrected chi connectivity index (χ2v) is 8.27. The van der Waals surface area contributed by atoms with Crippen molar-refractivity contribution in [3.8, 4) is 0 Å². The Morgan fingerprint density at radius 1 is 1.07 bits per heavy atom. The van der Waals surface area contributed by atoms with E-state index in [0.29, 0.717) is 57.5 Å². The zero-order valence-electron chi connectivity index (χ0n) is 16.0. The quantitative estimate of drug-likeness (QED) is 0.183. The van der Waals surface area contributed by atoms with Crippen molar-refractivity contribution in [2.24, 2.45) is 0 Å². The summed E-state index contributed by atoms with van der Waals surface area (Å²) in [4.78, 5) is 43.6. The molecular formula is C22H18ClN3O3S. The van der Waals surface area contributed by atoms with Gasteiger partial charge in [-0.1, -0.05) is 41.6 Å². The van der Waals surface area contributed by atoms with Gasteiger partial charge in [0, 0.05) is 23.9 Å². The van der Waals surface area contributed by atoms with Gasteiger partial charge in [-0.2, -0.15) is 0 Å². The number of amides is 2. The first-order chi connectivity index (χ1) is 14.5. The predicted molar refractivity (Wildman–Crippen MR) is 118 cm³/mol. The van der Waals surface area contributed by atoms with Crippen LogP contribution in [0.2, 0.25) is 5.02 Å². The Labute approximate surface area is 182 Å². The fraction of sp³-hybridized carbons (Fsp3) is 0.182. The Balaban J connectivity index is 1.48. The van der Waals surface area contributed by atoms with Gasteiger partial charge in [-0.05, 0) is 36.8 Å². The maximum absolute atomic E-state index is 12.8. The Morgan fingerprint density at radius 3 is 2.43 bits per heavy atom. The topological polar surface area (TPSA) is 72.3 Å². The minimum atomic E-state index is -0.261. The summed E-state index contributed by atoms with van der Waals surface area (Å²) in [7, 11) is 0. The number of allylic oxidation sites excluding steroid dienone is 1. The number of carbonyl (C=O) groups is 2. The van der Waals surface area contributed by atoms with Gasteiger partial charge in [0.25, 0.3) is 17.4 Å². The van der Waals surface area contributed by atoms with E-state index >= 15 is 0 Å². The van der Waals surface area contributed by atoms with Gasteiger partial charge in [-0.3, -0.25) is 23.9 Å². The summed E-state index contributed by atoms with van der Waals surface area (Å²) in [6.07, 6.45) is 2.22. The molecule has 0 aliphatic carbocycles. The summed E-state index contributed by atoms with van der Waals surface area (Å²) in [6.45, 7) is 4.37. The predicted octanol–water partition coefficient (Wildman–Crippen LogP) is 4.01. The average molecular weight is 440 g/mol. The Hall–Kier alpha value is -2.90. The van der Waals surface area contributed by atoms with Crippen LogP contribution < -0.4 is 5.56 Å². The first-order valence-electron chi connectivity index (χ1n) is 9.40. The van der Waals surface area contributed by atoms with Crippen molar-refractivity contribution < 1.29 is 9.59 Å². The molecule has 2 heterocycles. The summed E-state index contributed by atoms with van der Waals surface area (Å²) < 4.78 is 1.57. The molecule has 1 aromatic heterocycles. The van der Waals surface area contributed by atoms with Gasteiger partial charge in [0.1, 0.15) is 0 Å². The lowest BCUT2D eigenvalue weighted by atomic mass is 10.1. The highest BCUT2D eigenvalue weighted by atomic mass is 35.5. The van der Waals surface area contributed by atoms with E-state index in [9.17, 15) is 14.4 Å². The molecule has 3 aromatic rings. The highest BCUT2D eigenvalue weighted by molar-refractivity contribution is 7.99. The highest BCUT2D eigenvalue weighted by Crippen LogP contribution is 2.24. The van der Waals surface area contributed by atoms with Crippen molar-refractivity contribution in [3.05, 3.63) is 81.6 Å². The van der Waals surface area contributed by atoms with Gasteiger partial charge in [0.05, 0.1) is 22.0 Å². The van der Waals surface area contributed by atoms with Gasteiger partial charge < -0.3 is 0 Å². The molecule has 8 heteroatoms. The van der Waals surface area contributed by atoms with E-state index in [0.717, 1.165) is 0 Å². The lowest BCUT2D eigenvalue weighted by Crippen LogP contribution is -2.31. The lowest BCUT2D eigenvalue weighted by molar-refractivity contribution is 0.0655. The summed E-state index contributed by atoms with van der Waals surface area (Å²) in [5, 5.41) is 1.56. The Bertz CT molecular complexity index is 1200. The molecule has 152 valence electrons. The summed E-state index contributed by atoms with van der Waals surface area (Å²) in [5.41, 5.74) is 1.28. The maximum atomic E-state index is 12.8. The zero-order valence-corrected chi connectivity index (χ0v) is 17.6. The standard InChI is InChI=1S/C22H18ClN3O3S/c1-2-10-26-21(29)17-9-8-14(23)13-18(17)24-22(26)30-12-5-11-25-19(27)15-6-3-4-7-16(15)20(25)28/h2-4,6-9,13H,1,5,10-12H2. The number of thioether (sulfide) groups is 1. The molecule has 0 fully saturated rings. The number of rotatable bonds is 7. The minimum Gasteiger partial charge on any atom is -0.283 e. The van der Waals surface area contributed by atoms with Gasteiger partial charge in [0.2, 0.25) is 0 Å². The van der Waals surface area contributed by atoms with Crippen LogP contribution in [0.1, 0.15) is 27.1 Å². The number of aromatic nitrogens is 2. The number of fused-ring (bicyclic) bond motifs is 2. The van der Waals surface area contributed by atoms with E-state index in [1.54, 1.807) is 53.1 Å². The Kier molecular flexibility index (Phi) is 5.74. The monoisotopic (exact) mass is 439 g/mol. The van der Waals surface area contributed by atoms with Crippen LogP contribution in [0.5, 0.6) is 0 Å². The second-order valence-electron chi connectivity index (χ2n) is 6.77. The second kappa shape index (κ2) is 8.45. The number of imide groups is 1. The number of nitrogens with zero attached hydrogens (tertiary/aromatic N) is 3. The molecule has 2 aromatic carbocycles. The maximum Gasteiger partial charge on any atom is 0.262 e. The number of hydrogen-bond acceptors (Lipinski definition) is 5. The summed E-state index contributed by atoms with van der Waals surface area (Å²) >= 11 is 7.45. The van der Waals surface area contributed by atoms with Crippen molar-refractivity contribution in [2.45, 2.75) is 18.1 Å². The molecule has 0 N–H and O–H groups in total. The first-order valence-corrected chi connectivity index (χ1v) is 10.8. The van der Waals surface area contributed by atoms with E-state index < -0.39 is 0 Å². The molecule has 0 saturated carbocycles. The van der Waals surface area contributed by atoms with Crippen molar-refractivity contribution >= 4 is 46.1 Å². The van der Waals surface area contributed by atoms with Crippen LogP contribution in [0.4, 0.5) is 0 Å². The molecule has 0 unspecified atom stereocenters. The summed E-state index contributed by atoms with van der Waals surface area (Å²) in [6, 6.07) is 11.8. The van der Waals surface area contributed by atoms with E-state index in [1.807, 2.05) is 0 Å². The molecule has 1 aliphatic heterocycles. The van der Waals surface area contributed by atoms with Crippen LogP contribution in [-0.4, -0.2) is 38.6 Å². The number of halogens is 1. The molecule has 2 amide bonds. The summed E-state index contributed by atoms with van der Waals surface area (Å²) in [5.74, 6) is 0.0635. The van der Waals surface area contributed by atoms with Crippen LogP contribution in [-0.2, 0) is 6.54 Å². The van der Waals surface area contributed by atoms with Crippen LogP contribution in [0, 0.1) is 0 Å². The van der Waals surface area contributed by atoms with Crippen LogP contribution in [0.3, 0.4) is 0 Å². The molecule has 0 spiro atoms. The fourth-order valence-corrected chi connectivity index (χ4v) is 4.50. The van der Waals surface area contributed by atoms with Crippen molar-refractivity contribution in [2.75, 3.05) is 12.3 Å². The largest absolute Gasteiger partial charge is 0.283 e. The molecule has 30 heavy (non-hydrogen) atoms. The molecule has 0 saturated heterocycles. The third-order valence-corrected chi connectivity index (χ3v) is 6.13. The van der Waals surface area contributed by atoms with E-state index in [2.05, 4.69) is 11.6 Å². The minimum absolute atomic E-state index is 0.153.